The van der Waals surface area contributed by atoms with Crippen molar-refractivity contribution in [3.8, 4) is 0 Å². The molecule has 0 aliphatic carbocycles. The summed E-state index contributed by atoms with van der Waals surface area (Å²) in [5.41, 5.74) is 1.42. The Balaban J connectivity index is 1.83. The Labute approximate surface area is 111 Å². The summed E-state index contributed by atoms with van der Waals surface area (Å²) in [7, 11) is 0. The number of nitrogens with one attached hydrogen (secondary N) is 1. The average molecular weight is 250 g/mol. The lowest BCUT2D eigenvalue weighted by atomic mass is 10.1. The minimum Gasteiger partial charge on any atom is -0.370 e. The van der Waals surface area contributed by atoms with E-state index in [0.29, 0.717) is 12.1 Å². The maximum atomic E-state index is 6.02. The first-order valence-electron chi connectivity index (χ1n) is 7.00. The van der Waals surface area contributed by atoms with Gasteiger partial charge in [-0.2, -0.15) is 0 Å². The summed E-state index contributed by atoms with van der Waals surface area (Å²) in [6.45, 7) is 10.6. The predicted octanol–water partition coefficient (Wildman–Crippen LogP) is 2.94. The highest BCUT2D eigenvalue weighted by Gasteiger charge is 2.31. The van der Waals surface area contributed by atoms with Crippen LogP contribution in [0, 0.1) is 0 Å². The van der Waals surface area contributed by atoms with Crippen LogP contribution in [0.3, 0.4) is 0 Å². The molecule has 0 saturated carbocycles. The largest absolute Gasteiger partial charge is 0.370 e. The van der Waals surface area contributed by atoms with Gasteiger partial charge < -0.3 is 14.6 Å². The molecule has 2 rings (SSSR count). The van der Waals surface area contributed by atoms with Crippen molar-refractivity contribution < 1.29 is 4.74 Å². The van der Waals surface area contributed by atoms with Gasteiger partial charge in [0, 0.05) is 31.5 Å². The van der Waals surface area contributed by atoms with Gasteiger partial charge in [-0.1, -0.05) is 13.8 Å². The maximum Gasteiger partial charge on any atom is 0.0762 e. The van der Waals surface area contributed by atoms with E-state index in [1.54, 1.807) is 0 Å². The highest BCUT2D eigenvalue weighted by Crippen LogP contribution is 2.30. The number of aromatic nitrogens is 1. The molecule has 1 aromatic heterocycles. The lowest BCUT2D eigenvalue weighted by molar-refractivity contribution is -0.0216. The van der Waals surface area contributed by atoms with Crippen LogP contribution < -0.4 is 5.32 Å². The van der Waals surface area contributed by atoms with Gasteiger partial charge in [-0.15, -0.1) is 0 Å². The molecule has 18 heavy (non-hydrogen) atoms. The quantitative estimate of drug-likeness (QED) is 0.869. The van der Waals surface area contributed by atoms with Crippen LogP contribution in [0.2, 0.25) is 0 Å². The van der Waals surface area contributed by atoms with Gasteiger partial charge in [0.25, 0.3) is 0 Å². The van der Waals surface area contributed by atoms with Crippen molar-refractivity contribution in [1.29, 1.82) is 0 Å². The molecule has 0 aromatic carbocycles. The van der Waals surface area contributed by atoms with Crippen molar-refractivity contribution in [2.75, 3.05) is 0 Å². The van der Waals surface area contributed by atoms with Crippen LogP contribution in [0.1, 0.15) is 46.1 Å². The van der Waals surface area contributed by atoms with Crippen LogP contribution in [0.15, 0.2) is 18.5 Å². The molecule has 3 heteroatoms. The van der Waals surface area contributed by atoms with Gasteiger partial charge >= 0.3 is 0 Å². The molecule has 1 saturated heterocycles. The summed E-state index contributed by atoms with van der Waals surface area (Å²) in [6.07, 6.45) is 7.10. The van der Waals surface area contributed by atoms with E-state index in [4.69, 9.17) is 4.74 Å². The zero-order valence-electron chi connectivity index (χ0n) is 12.1. The van der Waals surface area contributed by atoms with E-state index < -0.39 is 0 Å². The molecular formula is C15H26N2O. The molecule has 1 aliphatic heterocycles. The number of rotatable bonds is 5. The Kier molecular flexibility index (Phi) is 4.13. The van der Waals surface area contributed by atoms with E-state index in [1.807, 2.05) is 0 Å². The lowest BCUT2D eigenvalue weighted by Gasteiger charge is -2.19. The standard InChI is InChI=1S/C15H26N2O/c1-12(2)16-9-13-6-8-17(10-13)11-14-5-7-15(3,4)18-14/h6,8,10,12,14,16H,5,7,9,11H2,1-4H3. The zero-order chi connectivity index (χ0) is 13.2. The molecule has 2 heterocycles. The minimum absolute atomic E-state index is 0.0693. The molecule has 0 radical (unpaired) electrons. The molecular weight excluding hydrogens is 224 g/mol. The molecule has 102 valence electrons. The predicted molar refractivity (Wildman–Crippen MR) is 74.6 cm³/mol. The average Bonchev–Trinajstić information content (AvgIpc) is 2.83. The van der Waals surface area contributed by atoms with Gasteiger partial charge in [-0.25, -0.2) is 0 Å². The monoisotopic (exact) mass is 250 g/mol. The van der Waals surface area contributed by atoms with Crippen molar-refractivity contribution in [2.24, 2.45) is 0 Å². The molecule has 1 atom stereocenters. The van der Waals surface area contributed by atoms with Crippen LogP contribution in [0.25, 0.3) is 0 Å². The van der Waals surface area contributed by atoms with Crippen molar-refractivity contribution in [1.82, 2.24) is 9.88 Å². The second-order valence-electron chi connectivity index (χ2n) is 6.29. The van der Waals surface area contributed by atoms with Crippen molar-refractivity contribution in [3.05, 3.63) is 24.0 Å². The van der Waals surface area contributed by atoms with Crippen molar-refractivity contribution in [2.45, 2.75) is 71.4 Å². The van der Waals surface area contributed by atoms with Crippen molar-refractivity contribution >= 4 is 0 Å². The normalized spacial score (nSPS) is 22.8. The smallest absolute Gasteiger partial charge is 0.0762 e. The fourth-order valence-corrected chi connectivity index (χ4v) is 2.47. The molecule has 0 bridgehead atoms. The Morgan fingerprint density at radius 3 is 2.89 bits per heavy atom. The molecule has 3 nitrogen and oxygen atoms in total. The summed E-state index contributed by atoms with van der Waals surface area (Å²) >= 11 is 0. The molecule has 1 fully saturated rings. The first-order valence-corrected chi connectivity index (χ1v) is 7.00. The molecule has 0 spiro atoms. The molecule has 1 aromatic rings. The summed E-state index contributed by atoms with van der Waals surface area (Å²) in [5.74, 6) is 0. The van der Waals surface area contributed by atoms with Crippen LogP contribution in [-0.4, -0.2) is 22.3 Å². The van der Waals surface area contributed by atoms with Crippen LogP contribution in [0.4, 0.5) is 0 Å². The number of hydrogen-bond acceptors (Lipinski definition) is 2. The van der Waals surface area contributed by atoms with E-state index in [-0.39, 0.29) is 5.60 Å². The summed E-state index contributed by atoms with van der Waals surface area (Å²) in [5, 5.41) is 3.44. The topological polar surface area (TPSA) is 26.2 Å². The van der Waals surface area contributed by atoms with E-state index in [2.05, 4.69) is 56.0 Å². The first kappa shape index (κ1) is 13.6. The van der Waals surface area contributed by atoms with Gasteiger partial charge in [0.05, 0.1) is 11.7 Å². The molecule has 1 N–H and O–H groups in total. The van der Waals surface area contributed by atoms with E-state index in [0.717, 1.165) is 13.1 Å². The fourth-order valence-electron chi connectivity index (χ4n) is 2.47. The Hall–Kier alpha value is -0.800. The molecule has 0 amide bonds. The van der Waals surface area contributed by atoms with Gasteiger partial charge in [0.15, 0.2) is 0 Å². The van der Waals surface area contributed by atoms with Crippen LogP contribution >= 0.6 is 0 Å². The van der Waals surface area contributed by atoms with E-state index >= 15 is 0 Å². The number of hydrogen-bond donors (Lipinski definition) is 1. The maximum absolute atomic E-state index is 6.02. The zero-order valence-corrected chi connectivity index (χ0v) is 12.1. The molecule has 1 unspecified atom stereocenters. The van der Waals surface area contributed by atoms with Crippen LogP contribution in [-0.2, 0) is 17.8 Å². The van der Waals surface area contributed by atoms with Gasteiger partial charge in [0.2, 0.25) is 0 Å². The number of nitrogens with zero attached hydrogens (tertiary/aromatic N) is 1. The Bertz CT molecular complexity index is 382. The SMILES string of the molecule is CC(C)NCc1ccn(CC2CCC(C)(C)O2)c1. The summed E-state index contributed by atoms with van der Waals surface area (Å²) in [6, 6.07) is 2.72. The third-order valence-electron chi connectivity index (χ3n) is 3.49. The van der Waals surface area contributed by atoms with Gasteiger partial charge in [-0.05, 0) is 38.3 Å². The fraction of sp³-hybridized carbons (Fsp3) is 0.733. The second-order valence-corrected chi connectivity index (χ2v) is 6.29. The summed E-state index contributed by atoms with van der Waals surface area (Å²) < 4.78 is 8.28. The summed E-state index contributed by atoms with van der Waals surface area (Å²) in [4.78, 5) is 0. The van der Waals surface area contributed by atoms with Gasteiger partial charge in [0.1, 0.15) is 0 Å². The van der Waals surface area contributed by atoms with Gasteiger partial charge in [-0.3, -0.25) is 0 Å². The molecule has 1 aliphatic rings. The Morgan fingerprint density at radius 2 is 2.28 bits per heavy atom. The third kappa shape index (κ3) is 3.85. The highest BCUT2D eigenvalue weighted by molar-refractivity contribution is 5.10. The van der Waals surface area contributed by atoms with E-state index in [9.17, 15) is 0 Å². The van der Waals surface area contributed by atoms with Crippen molar-refractivity contribution in [3.63, 3.8) is 0 Å². The lowest BCUT2D eigenvalue weighted by Crippen LogP contribution is -2.23. The highest BCUT2D eigenvalue weighted by atomic mass is 16.5. The second kappa shape index (κ2) is 5.45. The number of ether oxygens (including phenoxy) is 1. The van der Waals surface area contributed by atoms with E-state index in [1.165, 1.54) is 18.4 Å². The first-order chi connectivity index (χ1) is 8.44. The minimum atomic E-state index is 0.0693. The third-order valence-corrected chi connectivity index (χ3v) is 3.49. The Morgan fingerprint density at radius 1 is 1.50 bits per heavy atom. The van der Waals surface area contributed by atoms with Crippen LogP contribution in [0.5, 0.6) is 0 Å².